The van der Waals surface area contributed by atoms with Crippen molar-refractivity contribution in [2.24, 2.45) is 0 Å². The second kappa shape index (κ2) is 6.28. The van der Waals surface area contributed by atoms with Crippen LogP contribution in [0.5, 0.6) is 5.75 Å². The predicted octanol–water partition coefficient (Wildman–Crippen LogP) is 3.48. The van der Waals surface area contributed by atoms with E-state index in [0.717, 1.165) is 23.3 Å². The van der Waals surface area contributed by atoms with Crippen LogP contribution in [0.15, 0.2) is 41.0 Å². The first kappa shape index (κ1) is 14.2. The van der Waals surface area contributed by atoms with Crippen molar-refractivity contribution >= 4 is 5.91 Å². The van der Waals surface area contributed by atoms with Crippen molar-refractivity contribution in [3.8, 4) is 5.75 Å². The molecule has 0 spiro atoms. The minimum atomic E-state index is -0.199. The van der Waals surface area contributed by atoms with Gasteiger partial charge < -0.3 is 14.5 Å². The molecule has 1 heterocycles. The van der Waals surface area contributed by atoms with Crippen LogP contribution in [0.1, 0.15) is 41.1 Å². The van der Waals surface area contributed by atoms with E-state index >= 15 is 0 Å². The molecule has 20 heavy (non-hydrogen) atoms. The Balaban J connectivity index is 2.16. The summed E-state index contributed by atoms with van der Waals surface area (Å²) in [5, 5.41) is 2.98. The third kappa shape index (κ3) is 3.02. The Morgan fingerprint density at radius 2 is 2.20 bits per heavy atom. The van der Waals surface area contributed by atoms with Gasteiger partial charge in [-0.1, -0.05) is 19.1 Å². The number of carbonyl (C=O) groups excluding carboxylic acids is 1. The van der Waals surface area contributed by atoms with E-state index < -0.39 is 0 Å². The first-order chi connectivity index (χ1) is 9.65. The fraction of sp³-hybridized carbons (Fsp3) is 0.312. The molecule has 0 saturated carbocycles. The second-order valence-electron chi connectivity index (χ2n) is 4.64. The Bertz CT molecular complexity index is 575. The van der Waals surface area contributed by atoms with Crippen LogP contribution in [0.4, 0.5) is 0 Å². The summed E-state index contributed by atoms with van der Waals surface area (Å²) >= 11 is 0. The number of rotatable bonds is 5. The van der Waals surface area contributed by atoms with Crippen molar-refractivity contribution in [2.45, 2.75) is 26.3 Å². The monoisotopic (exact) mass is 273 g/mol. The van der Waals surface area contributed by atoms with Crippen molar-refractivity contribution in [1.29, 1.82) is 0 Å². The third-order valence-electron chi connectivity index (χ3n) is 3.28. The molecule has 0 saturated heterocycles. The maximum Gasteiger partial charge on any atom is 0.287 e. The summed E-state index contributed by atoms with van der Waals surface area (Å²) in [5.41, 5.74) is 2.11. The summed E-state index contributed by atoms with van der Waals surface area (Å²) in [5.74, 6) is 0.977. The van der Waals surface area contributed by atoms with Crippen LogP contribution in [0.2, 0.25) is 0 Å². The van der Waals surface area contributed by atoms with E-state index in [4.69, 9.17) is 9.15 Å². The van der Waals surface area contributed by atoms with Gasteiger partial charge in [0.2, 0.25) is 0 Å². The lowest BCUT2D eigenvalue weighted by Crippen LogP contribution is -2.27. The molecule has 1 N–H and O–H groups in total. The molecule has 0 aliphatic rings. The van der Waals surface area contributed by atoms with Gasteiger partial charge in [-0.3, -0.25) is 4.79 Å². The van der Waals surface area contributed by atoms with Crippen molar-refractivity contribution in [3.05, 3.63) is 53.5 Å². The lowest BCUT2D eigenvalue weighted by Gasteiger charge is -2.18. The Morgan fingerprint density at radius 3 is 2.75 bits per heavy atom. The molecule has 106 valence electrons. The Labute approximate surface area is 118 Å². The van der Waals surface area contributed by atoms with Crippen LogP contribution < -0.4 is 10.1 Å². The SMILES string of the molecule is CCC(NC(=O)c1ccco1)c1ccc(OC)c(C)c1. The number of carbonyl (C=O) groups is 1. The zero-order valence-electron chi connectivity index (χ0n) is 12.0. The average Bonchev–Trinajstić information content (AvgIpc) is 2.98. The topological polar surface area (TPSA) is 51.5 Å². The van der Waals surface area contributed by atoms with E-state index in [9.17, 15) is 4.79 Å². The largest absolute Gasteiger partial charge is 0.496 e. The van der Waals surface area contributed by atoms with Gasteiger partial charge in [-0.05, 0) is 42.7 Å². The number of amides is 1. The van der Waals surface area contributed by atoms with Gasteiger partial charge in [0, 0.05) is 0 Å². The number of benzene rings is 1. The van der Waals surface area contributed by atoms with E-state index in [0.29, 0.717) is 5.76 Å². The van der Waals surface area contributed by atoms with E-state index in [1.807, 2.05) is 32.0 Å². The van der Waals surface area contributed by atoms with Gasteiger partial charge in [-0.15, -0.1) is 0 Å². The minimum absolute atomic E-state index is 0.0443. The van der Waals surface area contributed by atoms with Gasteiger partial charge in [0.15, 0.2) is 5.76 Å². The Kier molecular flexibility index (Phi) is 4.45. The highest BCUT2D eigenvalue weighted by Gasteiger charge is 2.16. The summed E-state index contributed by atoms with van der Waals surface area (Å²) < 4.78 is 10.4. The van der Waals surface area contributed by atoms with Crippen LogP contribution in [-0.4, -0.2) is 13.0 Å². The molecule has 1 atom stereocenters. The summed E-state index contributed by atoms with van der Waals surface area (Å²) in [4.78, 5) is 12.0. The molecule has 0 aliphatic carbocycles. The Hall–Kier alpha value is -2.23. The van der Waals surface area contributed by atoms with E-state index in [1.54, 1.807) is 19.2 Å². The van der Waals surface area contributed by atoms with Crippen LogP contribution in [0, 0.1) is 6.92 Å². The second-order valence-corrected chi connectivity index (χ2v) is 4.64. The molecule has 0 aliphatic heterocycles. The maximum absolute atomic E-state index is 12.0. The van der Waals surface area contributed by atoms with Crippen LogP contribution in [0.25, 0.3) is 0 Å². The van der Waals surface area contributed by atoms with Crippen LogP contribution in [-0.2, 0) is 0 Å². The van der Waals surface area contributed by atoms with Gasteiger partial charge in [0.1, 0.15) is 5.75 Å². The number of nitrogens with one attached hydrogen (secondary N) is 1. The molecule has 0 fully saturated rings. The smallest absolute Gasteiger partial charge is 0.287 e. The first-order valence-electron chi connectivity index (χ1n) is 6.64. The molecule has 4 nitrogen and oxygen atoms in total. The molecule has 2 rings (SSSR count). The summed E-state index contributed by atoms with van der Waals surface area (Å²) in [6, 6.07) is 9.25. The van der Waals surface area contributed by atoms with Crippen LogP contribution >= 0.6 is 0 Å². The molecule has 1 aromatic heterocycles. The molecule has 1 unspecified atom stereocenters. The molecule has 4 heteroatoms. The van der Waals surface area contributed by atoms with Gasteiger partial charge in [-0.25, -0.2) is 0 Å². The van der Waals surface area contributed by atoms with Gasteiger partial charge in [0.25, 0.3) is 5.91 Å². The number of aryl methyl sites for hydroxylation is 1. The summed E-state index contributed by atoms with van der Waals surface area (Å²) in [6.07, 6.45) is 2.30. The minimum Gasteiger partial charge on any atom is -0.496 e. The number of hydrogen-bond acceptors (Lipinski definition) is 3. The van der Waals surface area contributed by atoms with Crippen molar-refractivity contribution in [1.82, 2.24) is 5.32 Å². The lowest BCUT2D eigenvalue weighted by atomic mass is 10.0. The van der Waals surface area contributed by atoms with E-state index in [2.05, 4.69) is 5.32 Å². The highest BCUT2D eigenvalue weighted by Crippen LogP contribution is 2.24. The molecule has 0 radical (unpaired) electrons. The normalized spacial score (nSPS) is 11.9. The van der Waals surface area contributed by atoms with E-state index in [-0.39, 0.29) is 11.9 Å². The summed E-state index contributed by atoms with van der Waals surface area (Å²) in [6.45, 7) is 4.02. The standard InChI is InChI=1S/C16H19NO3/c1-4-13(17-16(18)15-6-5-9-20-15)12-7-8-14(19-3)11(2)10-12/h5-10,13H,4H2,1-3H3,(H,17,18). The molecule has 1 amide bonds. The number of ether oxygens (including phenoxy) is 1. The third-order valence-corrected chi connectivity index (χ3v) is 3.28. The molecular formula is C16H19NO3. The average molecular weight is 273 g/mol. The van der Waals surface area contributed by atoms with Crippen molar-refractivity contribution < 1.29 is 13.9 Å². The molecular weight excluding hydrogens is 254 g/mol. The molecule has 2 aromatic rings. The molecule has 0 bridgehead atoms. The van der Waals surface area contributed by atoms with Crippen LogP contribution in [0.3, 0.4) is 0 Å². The number of methoxy groups -OCH3 is 1. The predicted molar refractivity (Wildman–Crippen MR) is 76.9 cm³/mol. The van der Waals surface area contributed by atoms with Gasteiger partial charge >= 0.3 is 0 Å². The first-order valence-corrected chi connectivity index (χ1v) is 6.64. The highest BCUT2D eigenvalue weighted by atomic mass is 16.5. The van der Waals surface area contributed by atoms with E-state index in [1.165, 1.54) is 6.26 Å². The lowest BCUT2D eigenvalue weighted by molar-refractivity contribution is 0.0907. The van der Waals surface area contributed by atoms with Gasteiger partial charge in [-0.2, -0.15) is 0 Å². The molecule has 1 aromatic carbocycles. The summed E-state index contributed by atoms with van der Waals surface area (Å²) in [7, 11) is 1.65. The highest BCUT2D eigenvalue weighted by molar-refractivity contribution is 5.91. The Morgan fingerprint density at radius 1 is 1.40 bits per heavy atom. The maximum atomic E-state index is 12.0. The van der Waals surface area contributed by atoms with Crippen molar-refractivity contribution in [2.75, 3.05) is 7.11 Å². The zero-order chi connectivity index (χ0) is 14.5. The van der Waals surface area contributed by atoms with Crippen molar-refractivity contribution in [3.63, 3.8) is 0 Å². The zero-order valence-corrected chi connectivity index (χ0v) is 12.0. The fourth-order valence-corrected chi connectivity index (χ4v) is 2.18. The number of hydrogen-bond donors (Lipinski definition) is 1. The quantitative estimate of drug-likeness (QED) is 0.907. The number of furan rings is 1. The van der Waals surface area contributed by atoms with Gasteiger partial charge in [0.05, 0.1) is 19.4 Å². The fourth-order valence-electron chi connectivity index (χ4n) is 2.18.